The highest BCUT2D eigenvalue weighted by molar-refractivity contribution is 7.13. The second-order valence-electron chi connectivity index (χ2n) is 6.83. The Labute approximate surface area is 178 Å². The van der Waals surface area contributed by atoms with Crippen molar-refractivity contribution < 1.29 is 14.3 Å². The number of nitrogens with zero attached hydrogens (tertiary/aromatic N) is 4. The monoisotopic (exact) mass is 425 g/mol. The predicted octanol–water partition coefficient (Wildman–Crippen LogP) is 3.22. The zero-order chi connectivity index (χ0) is 20.8. The van der Waals surface area contributed by atoms with Crippen LogP contribution in [-0.4, -0.2) is 52.8 Å². The van der Waals surface area contributed by atoms with Gasteiger partial charge in [-0.25, -0.2) is 4.98 Å². The normalized spacial score (nSPS) is 16.3. The SMILES string of the molecule is COc1ccccc1CCC(=O)N1CCO[C@@H](c2cccc(Nc3nncs3)n2)C1. The molecule has 3 heterocycles. The van der Waals surface area contributed by atoms with Crippen LogP contribution in [0.3, 0.4) is 0 Å². The van der Waals surface area contributed by atoms with E-state index in [1.165, 1.54) is 11.3 Å². The second-order valence-corrected chi connectivity index (χ2v) is 7.66. The zero-order valence-electron chi connectivity index (χ0n) is 16.7. The molecule has 0 bridgehead atoms. The first kappa shape index (κ1) is 20.2. The topological polar surface area (TPSA) is 89.5 Å². The number of carbonyl (C=O) groups excluding carboxylic acids is 1. The van der Waals surface area contributed by atoms with Gasteiger partial charge < -0.3 is 19.7 Å². The fourth-order valence-corrected chi connectivity index (χ4v) is 3.85. The van der Waals surface area contributed by atoms with E-state index in [-0.39, 0.29) is 12.0 Å². The molecule has 0 unspecified atom stereocenters. The van der Waals surface area contributed by atoms with E-state index in [0.29, 0.717) is 43.5 Å². The number of aromatic nitrogens is 3. The molecule has 2 aromatic heterocycles. The third kappa shape index (κ3) is 4.92. The molecule has 30 heavy (non-hydrogen) atoms. The summed E-state index contributed by atoms with van der Waals surface area (Å²) >= 11 is 1.40. The van der Waals surface area contributed by atoms with Crippen LogP contribution < -0.4 is 10.1 Å². The molecular formula is C21H23N5O3S. The predicted molar refractivity (Wildman–Crippen MR) is 114 cm³/mol. The largest absolute Gasteiger partial charge is 0.496 e. The molecule has 0 saturated carbocycles. The lowest BCUT2D eigenvalue weighted by Crippen LogP contribution is -2.42. The summed E-state index contributed by atoms with van der Waals surface area (Å²) in [6, 6.07) is 13.5. The molecule has 3 aromatic rings. The molecule has 1 aliphatic rings. The van der Waals surface area contributed by atoms with Crippen LogP contribution in [0.4, 0.5) is 10.9 Å². The Morgan fingerprint density at radius 3 is 3.03 bits per heavy atom. The molecule has 1 amide bonds. The van der Waals surface area contributed by atoms with Crippen LogP contribution >= 0.6 is 11.3 Å². The first-order chi connectivity index (χ1) is 14.7. The van der Waals surface area contributed by atoms with E-state index in [1.54, 1.807) is 12.6 Å². The van der Waals surface area contributed by atoms with Gasteiger partial charge in [-0.05, 0) is 30.2 Å². The molecule has 1 N–H and O–H groups in total. The lowest BCUT2D eigenvalue weighted by molar-refractivity contribution is -0.139. The van der Waals surface area contributed by atoms with Crippen LogP contribution in [0.15, 0.2) is 48.0 Å². The highest BCUT2D eigenvalue weighted by Gasteiger charge is 2.26. The first-order valence-electron chi connectivity index (χ1n) is 9.74. The number of ether oxygens (including phenoxy) is 2. The minimum atomic E-state index is -0.259. The molecule has 1 fully saturated rings. The smallest absolute Gasteiger partial charge is 0.223 e. The van der Waals surface area contributed by atoms with Crippen molar-refractivity contribution in [3.63, 3.8) is 0 Å². The standard InChI is InChI=1S/C21H23N5O3S/c1-28-17-7-3-2-5-15(17)9-10-20(27)26-11-12-29-18(13-26)16-6-4-8-19(23-16)24-21-25-22-14-30-21/h2-8,14,18H,9-13H2,1H3,(H,23,24,25)/t18-/m1/s1. The van der Waals surface area contributed by atoms with Crippen molar-refractivity contribution in [2.24, 2.45) is 0 Å². The molecule has 1 aliphatic heterocycles. The van der Waals surface area contributed by atoms with Gasteiger partial charge in [0.25, 0.3) is 0 Å². The van der Waals surface area contributed by atoms with Gasteiger partial charge in [0.05, 0.1) is 26.0 Å². The number of para-hydroxylation sites is 1. The molecule has 156 valence electrons. The number of hydrogen-bond acceptors (Lipinski definition) is 8. The van der Waals surface area contributed by atoms with E-state index in [9.17, 15) is 4.79 Å². The van der Waals surface area contributed by atoms with Crippen molar-refractivity contribution in [3.8, 4) is 5.75 Å². The van der Waals surface area contributed by atoms with Crippen LogP contribution in [0.1, 0.15) is 23.8 Å². The van der Waals surface area contributed by atoms with E-state index >= 15 is 0 Å². The van der Waals surface area contributed by atoms with Crippen LogP contribution in [0, 0.1) is 0 Å². The van der Waals surface area contributed by atoms with Crippen molar-refractivity contribution in [2.45, 2.75) is 18.9 Å². The van der Waals surface area contributed by atoms with Gasteiger partial charge in [-0.1, -0.05) is 35.6 Å². The molecule has 1 aromatic carbocycles. The number of aryl methyl sites for hydroxylation is 1. The Bertz CT molecular complexity index is 982. The first-order valence-corrected chi connectivity index (χ1v) is 10.6. The number of morpholine rings is 1. The molecule has 4 rings (SSSR count). The summed E-state index contributed by atoms with van der Waals surface area (Å²) in [5.74, 6) is 1.60. The Hall–Kier alpha value is -3.04. The number of anilines is 2. The molecule has 8 nitrogen and oxygen atoms in total. The highest BCUT2D eigenvalue weighted by Crippen LogP contribution is 2.25. The summed E-state index contributed by atoms with van der Waals surface area (Å²) in [7, 11) is 1.65. The lowest BCUT2D eigenvalue weighted by atomic mass is 10.1. The molecule has 9 heteroatoms. The van der Waals surface area contributed by atoms with Gasteiger partial charge in [-0.15, -0.1) is 10.2 Å². The third-order valence-corrected chi connectivity index (χ3v) is 5.52. The summed E-state index contributed by atoms with van der Waals surface area (Å²) in [4.78, 5) is 19.3. The summed E-state index contributed by atoms with van der Waals surface area (Å²) in [5.41, 5.74) is 3.48. The third-order valence-electron chi connectivity index (χ3n) is 4.92. The quantitative estimate of drug-likeness (QED) is 0.622. The van der Waals surface area contributed by atoms with E-state index < -0.39 is 0 Å². The van der Waals surface area contributed by atoms with Crippen molar-refractivity contribution in [2.75, 3.05) is 32.1 Å². The van der Waals surface area contributed by atoms with Crippen LogP contribution in [0.5, 0.6) is 5.75 Å². The Morgan fingerprint density at radius 2 is 2.20 bits per heavy atom. The van der Waals surface area contributed by atoms with Crippen LogP contribution in [0.2, 0.25) is 0 Å². The van der Waals surface area contributed by atoms with Gasteiger partial charge in [0.2, 0.25) is 11.0 Å². The highest BCUT2D eigenvalue weighted by atomic mass is 32.1. The number of nitrogens with one attached hydrogen (secondary N) is 1. The molecule has 0 aliphatic carbocycles. The van der Waals surface area contributed by atoms with E-state index in [4.69, 9.17) is 9.47 Å². The maximum Gasteiger partial charge on any atom is 0.223 e. The van der Waals surface area contributed by atoms with Gasteiger partial charge in [0.1, 0.15) is 23.2 Å². The molecule has 0 radical (unpaired) electrons. The average Bonchev–Trinajstić information content (AvgIpc) is 3.31. The number of pyridine rings is 1. The Balaban J connectivity index is 1.37. The number of methoxy groups -OCH3 is 1. The number of amides is 1. The fourth-order valence-electron chi connectivity index (χ4n) is 3.40. The van der Waals surface area contributed by atoms with E-state index in [2.05, 4.69) is 20.5 Å². The summed E-state index contributed by atoms with van der Waals surface area (Å²) in [6.45, 7) is 1.56. The zero-order valence-corrected chi connectivity index (χ0v) is 17.5. The van der Waals surface area contributed by atoms with E-state index in [1.807, 2.05) is 47.4 Å². The van der Waals surface area contributed by atoms with Gasteiger partial charge in [-0.3, -0.25) is 4.79 Å². The van der Waals surface area contributed by atoms with Crippen molar-refractivity contribution in [3.05, 3.63) is 59.2 Å². The second kappa shape index (κ2) is 9.64. The molecule has 0 spiro atoms. The maximum atomic E-state index is 12.8. The van der Waals surface area contributed by atoms with Gasteiger partial charge >= 0.3 is 0 Å². The lowest BCUT2D eigenvalue weighted by Gasteiger charge is -2.33. The van der Waals surface area contributed by atoms with Crippen molar-refractivity contribution >= 4 is 28.2 Å². The minimum Gasteiger partial charge on any atom is -0.496 e. The van der Waals surface area contributed by atoms with Crippen LogP contribution in [0.25, 0.3) is 0 Å². The van der Waals surface area contributed by atoms with E-state index in [0.717, 1.165) is 17.0 Å². The number of carbonyl (C=O) groups is 1. The Morgan fingerprint density at radius 1 is 1.30 bits per heavy atom. The maximum absolute atomic E-state index is 12.8. The number of benzene rings is 1. The number of rotatable bonds is 7. The summed E-state index contributed by atoms with van der Waals surface area (Å²) in [6.07, 6.45) is 0.814. The molecule has 1 saturated heterocycles. The van der Waals surface area contributed by atoms with Gasteiger partial charge in [0, 0.05) is 13.0 Å². The van der Waals surface area contributed by atoms with Crippen molar-refractivity contribution in [1.82, 2.24) is 20.1 Å². The van der Waals surface area contributed by atoms with Gasteiger partial charge in [0.15, 0.2) is 0 Å². The molecular weight excluding hydrogens is 402 g/mol. The van der Waals surface area contributed by atoms with Crippen LogP contribution in [-0.2, 0) is 16.0 Å². The fraction of sp³-hybridized carbons (Fsp3) is 0.333. The number of hydrogen-bond donors (Lipinski definition) is 1. The summed E-state index contributed by atoms with van der Waals surface area (Å²) in [5, 5.41) is 11.6. The van der Waals surface area contributed by atoms with Gasteiger partial charge in [-0.2, -0.15) is 0 Å². The minimum absolute atomic E-state index is 0.109. The summed E-state index contributed by atoms with van der Waals surface area (Å²) < 4.78 is 11.3. The Kier molecular flexibility index (Phi) is 6.50. The molecule has 1 atom stereocenters. The van der Waals surface area contributed by atoms with Crippen molar-refractivity contribution in [1.29, 1.82) is 0 Å². The average molecular weight is 426 g/mol.